The predicted octanol–water partition coefficient (Wildman–Crippen LogP) is 2.62. The van der Waals surface area contributed by atoms with E-state index in [1.54, 1.807) is 0 Å². The molecule has 1 aromatic carbocycles. The Balaban J connectivity index is 2.22. The van der Waals surface area contributed by atoms with Crippen LogP contribution in [0.25, 0.3) is 0 Å². The molecule has 13 heavy (non-hydrogen) atoms. The highest BCUT2D eigenvalue weighted by Crippen LogP contribution is 2.47. The number of carbonyl (C=O) groups excluding carboxylic acids is 1. The van der Waals surface area contributed by atoms with E-state index in [-0.39, 0.29) is 11.8 Å². The molecule has 1 nitrogen and oxygen atoms in total. The van der Waals surface area contributed by atoms with E-state index in [9.17, 15) is 4.79 Å². The van der Waals surface area contributed by atoms with Crippen LogP contribution in [0.4, 0.5) is 0 Å². The summed E-state index contributed by atoms with van der Waals surface area (Å²) in [6, 6.07) is 8.35. The van der Waals surface area contributed by atoms with Gasteiger partial charge in [0, 0.05) is 11.8 Å². The Morgan fingerprint density at radius 1 is 1.00 bits per heavy atom. The number of carbonyl (C=O) groups is 1. The Bertz CT molecular complexity index is 334. The molecule has 0 aromatic heterocycles. The standard InChI is InChI=1S/C12H12O/c13-12-10-6-3-7-11(12)9-5-2-1-4-8(9)10/h1-2,4-5,10-11H,3,6-7H2/t10-,11+. The topological polar surface area (TPSA) is 17.1 Å². The monoisotopic (exact) mass is 172 g/mol. The first kappa shape index (κ1) is 7.31. The molecular formula is C12H12O. The summed E-state index contributed by atoms with van der Waals surface area (Å²) >= 11 is 0. The molecule has 1 fully saturated rings. The van der Waals surface area contributed by atoms with Crippen molar-refractivity contribution in [1.82, 2.24) is 0 Å². The van der Waals surface area contributed by atoms with Crippen LogP contribution in [0, 0.1) is 0 Å². The van der Waals surface area contributed by atoms with Crippen molar-refractivity contribution in [1.29, 1.82) is 0 Å². The smallest absolute Gasteiger partial charge is 0.147 e. The first-order chi connectivity index (χ1) is 6.38. The molecule has 0 amide bonds. The normalized spacial score (nSPS) is 30.3. The molecule has 2 aliphatic rings. The van der Waals surface area contributed by atoms with Crippen molar-refractivity contribution in [2.24, 2.45) is 0 Å². The van der Waals surface area contributed by atoms with Gasteiger partial charge in [0.1, 0.15) is 5.78 Å². The lowest BCUT2D eigenvalue weighted by atomic mass is 9.86. The zero-order valence-electron chi connectivity index (χ0n) is 7.49. The predicted molar refractivity (Wildman–Crippen MR) is 50.8 cm³/mol. The van der Waals surface area contributed by atoms with Gasteiger partial charge in [-0.2, -0.15) is 0 Å². The van der Waals surface area contributed by atoms with Crippen LogP contribution in [0.3, 0.4) is 0 Å². The molecule has 1 saturated carbocycles. The minimum atomic E-state index is 0.245. The van der Waals surface area contributed by atoms with E-state index in [1.807, 2.05) is 12.1 Å². The fraction of sp³-hybridized carbons (Fsp3) is 0.417. The van der Waals surface area contributed by atoms with Gasteiger partial charge in [-0.3, -0.25) is 4.79 Å². The molecule has 1 aromatic rings. The molecule has 1 heteroatoms. The van der Waals surface area contributed by atoms with Gasteiger partial charge >= 0.3 is 0 Å². The number of hydrogen-bond donors (Lipinski definition) is 0. The second-order valence-electron chi connectivity index (χ2n) is 4.07. The molecule has 0 saturated heterocycles. The van der Waals surface area contributed by atoms with Crippen molar-refractivity contribution in [3.05, 3.63) is 35.4 Å². The first-order valence-electron chi connectivity index (χ1n) is 5.00. The number of fused-ring (bicyclic) bond motifs is 5. The molecule has 3 rings (SSSR count). The Morgan fingerprint density at radius 3 is 2.08 bits per heavy atom. The van der Waals surface area contributed by atoms with E-state index in [0.29, 0.717) is 5.78 Å². The van der Waals surface area contributed by atoms with E-state index in [0.717, 1.165) is 12.8 Å². The lowest BCUT2D eigenvalue weighted by molar-refractivity contribution is -0.122. The van der Waals surface area contributed by atoms with Gasteiger partial charge in [-0.05, 0) is 24.0 Å². The van der Waals surface area contributed by atoms with Crippen molar-refractivity contribution in [2.75, 3.05) is 0 Å². The lowest BCUT2D eigenvalue weighted by Gasteiger charge is -2.16. The number of Topliss-reactive ketones (excluding diaryl/α,β-unsaturated/α-hetero) is 1. The van der Waals surface area contributed by atoms with E-state index < -0.39 is 0 Å². The fourth-order valence-corrected chi connectivity index (χ4v) is 2.82. The van der Waals surface area contributed by atoms with Gasteiger partial charge in [0.05, 0.1) is 0 Å². The van der Waals surface area contributed by atoms with Crippen molar-refractivity contribution in [3.8, 4) is 0 Å². The van der Waals surface area contributed by atoms with E-state index >= 15 is 0 Å². The van der Waals surface area contributed by atoms with Gasteiger partial charge in [-0.15, -0.1) is 0 Å². The molecule has 2 bridgehead atoms. The summed E-state index contributed by atoms with van der Waals surface area (Å²) in [5, 5.41) is 0. The summed E-state index contributed by atoms with van der Waals surface area (Å²) in [6.45, 7) is 0. The van der Waals surface area contributed by atoms with Gasteiger partial charge in [0.25, 0.3) is 0 Å². The highest BCUT2D eigenvalue weighted by Gasteiger charge is 2.41. The quantitative estimate of drug-likeness (QED) is 0.588. The summed E-state index contributed by atoms with van der Waals surface area (Å²) in [5.41, 5.74) is 2.63. The SMILES string of the molecule is O=C1[C@H]2CCC[C@@H]1c1ccccc12. The molecule has 66 valence electrons. The Hall–Kier alpha value is -1.11. The minimum Gasteiger partial charge on any atom is -0.298 e. The van der Waals surface area contributed by atoms with Crippen LogP contribution in [-0.2, 0) is 4.79 Å². The van der Waals surface area contributed by atoms with Crippen LogP contribution >= 0.6 is 0 Å². The third-order valence-electron chi connectivity index (χ3n) is 3.42. The van der Waals surface area contributed by atoms with E-state index in [4.69, 9.17) is 0 Å². The molecule has 2 atom stereocenters. The molecule has 0 spiro atoms. The van der Waals surface area contributed by atoms with E-state index in [2.05, 4.69) is 12.1 Å². The Labute approximate surface area is 77.8 Å². The first-order valence-corrected chi connectivity index (χ1v) is 5.00. The maximum Gasteiger partial charge on any atom is 0.147 e. The molecule has 0 aliphatic heterocycles. The molecule has 0 N–H and O–H groups in total. The summed E-state index contributed by atoms with van der Waals surface area (Å²) in [6.07, 6.45) is 3.37. The number of hydrogen-bond acceptors (Lipinski definition) is 1. The zero-order chi connectivity index (χ0) is 8.84. The Kier molecular flexibility index (Phi) is 1.37. The summed E-state index contributed by atoms with van der Waals surface area (Å²) in [5.74, 6) is 0.970. The number of benzene rings is 1. The molecule has 0 radical (unpaired) electrons. The van der Waals surface area contributed by atoms with Crippen molar-refractivity contribution < 1.29 is 4.79 Å². The second-order valence-corrected chi connectivity index (χ2v) is 4.07. The largest absolute Gasteiger partial charge is 0.298 e. The molecular weight excluding hydrogens is 160 g/mol. The third kappa shape index (κ3) is 0.846. The van der Waals surface area contributed by atoms with Crippen LogP contribution in [-0.4, -0.2) is 5.78 Å². The van der Waals surface area contributed by atoms with Gasteiger partial charge in [0.15, 0.2) is 0 Å². The average molecular weight is 172 g/mol. The van der Waals surface area contributed by atoms with Crippen LogP contribution in [0.1, 0.15) is 42.2 Å². The van der Waals surface area contributed by atoms with Gasteiger partial charge < -0.3 is 0 Å². The number of ketones is 1. The molecule has 0 unspecified atom stereocenters. The second kappa shape index (κ2) is 2.44. The highest BCUT2D eigenvalue weighted by atomic mass is 16.1. The average Bonchev–Trinajstić information content (AvgIpc) is 2.36. The molecule has 0 heterocycles. The van der Waals surface area contributed by atoms with Crippen LogP contribution < -0.4 is 0 Å². The van der Waals surface area contributed by atoms with Crippen molar-refractivity contribution in [2.45, 2.75) is 31.1 Å². The van der Waals surface area contributed by atoms with Crippen LogP contribution in [0.15, 0.2) is 24.3 Å². The zero-order valence-corrected chi connectivity index (χ0v) is 7.49. The highest BCUT2D eigenvalue weighted by molar-refractivity contribution is 5.97. The van der Waals surface area contributed by atoms with Crippen molar-refractivity contribution >= 4 is 5.78 Å². The van der Waals surface area contributed by atoms with Gasteiger partial charge in [-0.1, -0.05) is 30.7 Å². The Morgan fingerprint density at radius 2 is 1.54 bits per heavy atom. The molecule has 2 aliphatic carbocycles. The number of rotatable bonds is 0. The van der Waals surface area contributed by atoms with Gasteiger partial charge in [-0.25, -0.2) is 0 Å². The van der Waals surface area contributed by atoms with Crippen LogP contribution in [0.2, 0.25) is 0 Å². The summed E-state index contributed by atoms with van der Waals surface area (Å²) < 4.78 is 0. The van der Waals surface area contributed by atoms with Crippen LogP contribution in [0.5, 0.6) is 0 Å². The van der Waals surface area contributed by atoms with Crippen molar-refractivity contribution in [3.63, 3.8) is 0 Å². The minimum absolute atomic E-state index is 0.245. The van der Waals surface area contributed by atoms with E-state index in [1.165, 1.54) is 17.5 Å². The maximum atomic E-state index is 11.8. The summed E-state index contributed by atoms with van der Waals surface area (Å²) in [7, 11) is 0. The fourth-order valence-electron chi connectivity index (χ4n) is 2.82. The maximum absolute atomic E-state index is 11.8. The summed E-state index contributed by atoms with van der Waals surface area (Å²) in [4.78, 5) is 11.8. The lowest BCUT2D eigenvalue weighted by Crippen LogP contribution is -2.16. The van der Waals surface area contributed by atoms with Gasteiger partial charge in [0.2, 0.25) is 0 Å². The third-order valence-corrected chi connectivity index (χ3v) is 3.42.